The summed E-state index contributed by atoms with van der Waals surface area (Å²) >= 11 is 5.49. The lowest BCUT2D eigenvalue weighted by atomic mass is 10.2. The predicted molar refractivity (Wildman–Crippen MR) is 196 cm³/mol. The van der Waals surface area contributed by atoms with Gasteiger partial charge in [0.15, 0.2) is 11.6 Å². The Hall–Kier alpha value is -5.99. The maximum absolute atomic E-state index is 11.2. The number of ether oxygens (including phenoxy) is 3. The van der Waals surface area contributed by atoms with Gasteiger partial charge in [-0.2, -0.15) is 0 Å². The number of benzene rings is 4. The highest BCUT2D eigenvalue weighted by Gasteiger charge is 2.03. The van der Waals surface area contributed by atoms with E-state index in [0.29, 0.717) is 41.1 Å². The van der Waals surface area contributed by atoms with Crippen LogP contribution in [0.5, 0.6) is 28.9 Å². The van der Waals surface area contributed by atoms with Crippen LogP contribution in [0, 0.1) is 0 Å². The maximum atomic E-state index is 11.2. The first-order valence-electron chi connectivity index (χ1n) is 15.2. The summed E-state index contributed by atoms with van der Waals surface area (Å²) in [6.07, 6.45) is 2.97. The molecule has 0 aliphatic carbocycles. The molecular formula is C41H39ClN2O6. The largest absolute Gasteiger partial charge is 0.508 e. The quantitative estimate of drug-likeness (QED) is 0.112. The Morgan fingerprint density at radius 2 is 1.02 bits per heavy atom. The van der Waals surface area contributed by atoms with Gasteiger partial charge in [0.1, 0.15) is 41.4 Å². The molecule has 1 N–H and O–H groups in total. The lowest BCUT2D eigenvalue weighted by Gasteiger charge is -2.08. The second-order valence-corrected chi connectivity index (χ2v) is 10.9. The summed E-state index contributed by atoms with van der Waals surface area (Å²) in [5, 5.41) is 9.49. The molecule has 0 atom stereocenters. The van der Waals surface area contributed by atoms with Gasteiger partial charge >= 0.3 is 0 Å². The molecule has 6 aromatic rings. The van der Waals surface area contributed by atoms with Crippen LogP contribution in [0.1, 0.15) is 53.1 Å². The highest BCUT2D eigenvalue weighted by Crippen LogP contribution is 2.23. The van der Waals surface area contributed by atoms with Crippen molar-refractivity contribution in [1.29, 1.82) is 0 Å². The Labute approximate surface area is 297 Å². The number of ketones is 2. The second kappa shape index (κ2) is 20.4. The summed E-state index contributed by atoms with van der Waals surface area (Å²) in [4.78, 5) is 29.8. The Balaban J connectivity index is 0.000000222. The molecule has 0 saturated heterocycles. The van der Waals surface area contributed by atoms with E-state index >= 15 is 0 Å². The van der Waals surface area contributed by atoms with E-state index in [2.05, 4.69) is 9.97 Å². The molecule has 8 nitrogen and oxygen atoms in total. The van der Waals surface area contributed by atoms with Crippen molar-refractivity contribution < 1.29 is 28.9 Å². The van der Waals surface area contributed by atoms with Gasteiger partial charge < -0.3 is 19.3 Å². The van der Waals surface area contributed by atoms with E-state index in [9.17, 15) is 9.59 Å². The lowest BCUT2D eigenvalue weighted by Crippen LogP contribution is -1.95. The van der Waals surface area contributed by atoms with Gasteiger partial charge in [-0.25, -0.2) is 9.97 Å². The Bertz CT molecular complexity index is 1870. The van der Waals surface area contributed by atoms with Crippen molar-refractivity contribution in [2.45, 2.75) is 34.5 Å². The summed E-state index contributed by atoms with van der Waals surface area (Å²) in [6.45, 7) is 4.07. The third kappa shape index (κ3) is 13.6. The van der Waals surface area contributed by atoms with Gasteiger partial charge in [0.25, 0.3) is 0 Å². The molecule has 6 rings (SSSR count). The van der Waals surface area contributed by atoms with Gasteiger partial charge in [0.2, 0.25) is 5.88 Å². The Morgan fingerprint density at radius 3 is 1.44 bits per heavy atom. The van der Waals surface area contributed by atoms with Crippen LogP contribution in [0.2, 0.25) is 5.15 Å². The zero-order valence-electron chi connectivity index (χ0n) is 27.0. The number of carbonyl (C=O) groups excluding carboxylic acids is 2. The monoisotopic (exact) mass is 690 g/mol. The van der Waals surface area contributed by atoms with Gasteiger partial charge in [-0.05, 0) is 91.7 Å². The predicted octanol–water partition coefficient (Wildman–Crippen LogP) is 10.2. The topological polar surface area (TPSA) is 108 Å². The zero-order chi connectivity index (χ0) is 34.8. The first-order valence-corrected chi connectivity index (χ1v) is 15.6. The Morgan fingerprint density at radius 1 is 0.580 bits per heavy atom. The molecule has 256 valence electrons. The van der Waals surface area contributed by atoms with Crippen molar-refractivity contribution in [3.05, 3.63) is 173 Å². The number of phenolic OH excluding ortho intramolecular Hbond substituents is 1. The molecular weight excluding hydrogens is 652 g/mol. The van der Waals surface area contributed by atoms with Crippen molar-refractivity contribution in [1.82, 2.24) is 9.97 Å². The summed E-state index contributed by atoms with van der Waals surface area (Å²) in [5.74, 6) is 2.87. The Kier molecular flexibility index (Phi) is 15.7. The SMILES string of the molecule is C.CC(=O)c1ccc(Cl)nc1.CC(=O)c1ccc(Oc2ccc(OCc3ccccc3)cc2)nc1.Oc1ccc(OCc2ccccc2)cc1. The molecule has 2 heterocycles. The van der Waals surface area contributed by atoms with Gasteiger partial charge in [-0.3, -0.25) is 9.59 Å². The molecule has 0 amide bonds. The minimum Gasteiger partial charge on any atom is -0.508 e. The number of pyridine rings is 2. The maximum Gasteiger partial charge on any atom is 0.219 e. The molecule has 4 aromatic carbocycles. The molecule has 0 unspecified atom stereocenters. The minimum absolute atomic E-state index is 0. The molecule has 2 aromatic heterocycles. The number of hydrogen-bond donors (Lipinski definition) is 1. The number of aromatic hydroxyl groups is 1. The number of halogens is 1. The van der Waals surface area contributed by atoms with E-state index in [-0.39, 0.29) is 24.7 Å². The van der Waals surface area contributed by atoms with Crippen molar-refractivity contribution in [2.24, 2.45) is 0 Å². The number of nitrogens with zero attached hydrogens (tertiary/aromatic N) is 2. The van der Waals surface area contributed by atoms with E-state index < -0.39 is 0 Å². The fourth-order valence-corrected chi connectivity index (χ4v) is 4.09. The van der Waals surface area contributed by atoms with Crippen LogP contribution >= 0.6 is 11.6 Å². The van der Waals surface area contributed by atoms with Crippen LogP contribution in [-0.2, 0) is 13.2 Å². The molecule has 0 aliphatic heterocycles. The minimum atomic E-state index is -0.0195. The normalized spacial score (nSPS) is 9.74. The molecule has 0 aliphatic rings. The summed E-state index contributed by atoms with van der Waals surface area (Å²) in [6, 6.07) is 40.6. The van der Waals surface area contributed by atoms with E-state index in [4.69, 9.17) is 30.9 Å². The molecule has 9 heteroatoms. The number of carbonyl (C=O) groups is 2. The van der Waals surface area contributed by atoms with Gasteiger partial charge in [-0.1, -0.05) is 79.7 Å². The summed E-state index contributed by atoms with van der Waals surface area (Å²) < 4.78 is 16.9. The molecule has 0 radical (unpaired) electrons. The molecule has 0 saturated carbocycles. The smallest absolute Gasteiger partial charge is 0.219 e. The van der Waals surface area contributed by atoms with E-state index in [1.54, 1.807) is 48.5 Å². The average molecular weight is 691 g/mol. The summed E-state index contributed by atoms with van der Waals surface area (Å²) in [5.41, 5.74) is 3.40. The van der Waals surface area contributed by atoms with Crippen molar-refractivity contribution in [2.75, 3.05) is 0 Å². The van der Waals surface area contributed by atoms with Crippen molar-refractivity contribution in [3.8, 4) is 28.9 Å². The van der Waals surface area contributed by atoms with Crippen LogP contribution in [-0.4, -0.2) is 26.6 Å². The number of rotatable bonds is 10. The first kappa shape index (κ1) is 38.5. The van der Waals surface area contributed by atoms with Crippen LogP contribution in [0.3, 0.4) is 0 Å². The molecule has 0 spiro atoms. The van der Waals surface area contributed by atoms with Gasteiger partial charge in [0, 0.05) is 29.6 Å². The number of aromatic nitrogens is 2. The zero-order valence-corrected chi connectivity index (χ0v) is 27.8. The number of hydrogen-bond acceptors (Lipinski definition) is 8. The fourth-order valence-electron chi connectivity index (χ4n) is 3.98. The van der Waals surface area contributed by atoms with E-state index in [1.165, 1.54) is 26.2 Å². The lowest BCUT2D eigenvalue weighted by molar-refractivity contribution is 0.100. The van der Waals surface area contributed by atoms with Crippen molar-refractivity contribution in [3.63, 3.8) is 0 Å². The molecule has 50 heavy (non-hydrogen) atoms. The highest BCUT2D eigenvalue weighted by atomic mass is 35.5. The fraction of sp³-hybridized carbons (Fsp3) is 0.122. The molecule has 0 bridgehead atoms. The summed E-state index contributed by atoms with van der Waals surface area (Å²) in [7, 11) is 0. The van der Waals surface area contributed by atoms with E-state index in [0.717, 1.165) is 22.6 Å². The van der Waals surface area contributed by atoms with Crippen LogP contribution in [0.15, 0.2) is 146 Å². The van der Waals surface area contributed by atoms with Crippen LogP contribution in [0.25, 0.3) is 0 Å². The van der Waals surface area contributed by atoms with Crippen molar-refractivity contribution >= 4 is 23.2 Å². The van der Waals surface area contributed by atoms with E-state index in [1.807, 2.05) is 84.9 Å². The second-order valence-electron chi connectivity index (χ2n) is 10.5. The average Bonchev–Trinajstić information content (AvgIpc) is 3.13. The van der Waals surface area contributed by atoms with Crippen LogP contribution in [0.4, 0.5) is 0 Å². The number of phenols is 1. The first-order chi connectivity index (χ1) is 23.7. The van der Waals surface area contributed by atoms with Gasteiger partial charge in [-0.15, -0.1) is 0 Å². The standard InChI is InChI=1S/C20H17NO3.C13H12O2.C7H6ClNO.CH4/c1-15(22)17-7-12-20(21-13-17)24-19-10-8-18(9-11-19)23-14-16-5-3-2-4-6-16;14-12-6-8-13(9-7-12)15-10-11-4-2-1-3-5-11;1-5(10)6-2-3-7(8)9-4-6;/h2-13H,14H2,1H3;1-9,14H,10H2;2-4H,1H3;1H4. The highest BCUT2D eigenvalue weighted by molar-refractivity contribution is 6.29. The third-order valence-corrected chi connectivity index (χ3v) is 6.88. The third-order valence-electron chi connectivity index (χ3n) is 6.66. The van der Waals surface area contributed by atoms with Crippen LogP contribution < -0.4 is 14.2 Å². The molecule has 0 fully saturated rings. The number of Topliss-reactive ketones (excluding diaryl/α,β-unsaturated/α-hetero) is 2. The van der Waals surface area contributed by atoms with Gasteiger partial charge in [0.05, 0.1) is 0 Å².